The summed E-state index contributed by atoms with van der Waals surface area (Å²) in [6.07, 6.45) is 5.24. The summed E-state index contributed by atoms with van der Waals surface area (Å²) < 4.78 is 13.0. The fourth-order valence-electron chi connectivity index (χ4n) is 3.14. The van der Waals surface area contributed by atoms with Crippen LogP contribution in [0, 0.1) is 0 Å². The number of carbonyl (C=O) groups is 1. The van der Waals surface area contributed by atoms with Crippen LogP contribution >= 0.6 is 11.8 Å². The number of rotatable bonds is 8. The first-order chi connectivity index (χ1) is 14.7. The van der Waals surface area contributed by atoms with Crippen LogP contribution in [0.25, 0.3) is 22.4 Å². The average Bonchev–Trinajstić information content (AvgIpc) is 3.35. The fraction of sp³-hybridized carbons (Fsp3) is 0.182. The number of hydrogen-bond acceptors (Lipinski definition) is 7. The normalized spacial score (nSPS) is 11.0. The summed E-state index contributed by atoms with van der Waals surface area (Å²) >= 11 is 1.48. The smallest absolute Gasteiger partial charge is 0.374 e. The summed E-state index contributed by atoms with van der Waals surface area (Å²) in [6, 6.07) is 11.4. The predicted octanol–water partition coefficient (Wildman–Crippen LogP) is 4.74. The zero-order chi connectivity index (χ0) is 20.9. The topological polar surface area (TPSA) is 83.0 Å². The van der Waals surface area contributed by atoms with E-state index in [-0.39, 0.29) is 12.4 Å². The SMILES string of the molecule is C=CCn1c(SCc2c(C(=O)OCC)oc3ccccc23)nnc1-c1ccncc1. The number of benzene rings is 1. The molecule has 0 aliphatic carbocycles. The van der Waals surface area contributed by atoms with E-state index in [2.05, 4.69) is 21.8 Å². The molecular formula is C22H20N4O3S. The van der Waals surface area contributed by atoms with Crippen molar-refractivity contribution in [2.75, 3.05) is 6.61 Å². The fourth-order valence-corrected chi connectivity index (χ4v) is 4.12. The molecule has 0 unspecified atom stereocenters. The third-order valence-electron chi connectivity index (χ3n) is 4.47. The molecule has 0 amide bonds. The molecule has 0 aliphatic heterocycles. The molecule has 3 aromatic heterocycles. The zero-order valence-electron chi connectivity index (χ0n) is 16.4. The second kappa shape index (κ2) is 8.96. The first kappa shape index (κ1) is 19.9. The van der Waals surface area contributed by atoms with E-state index in [1.54, 1.807) is 25.4 Å². The monoisotopic (exact) mass is 420 g/mol. The van der Waals surface area contributed by atoms with Gasteiger partial charge in [0.05, 0.1) is 6.61 Å². The third-order valence-corrected chi connectivity index (χ3v) is 5.47. The molecule has 0 aliphatic rings. The lowest BCUT2D eigenvalue weighted by Gasteiger charge is -2.08. The Morgan fingerprint density at radius 1 is 1.23 bits per heavy atom. The number of pyridine rings is 1. The van der Waals surface area contributed by atoms with Gasteiger partial charge in [0.1, 0.15) is 5.58 Å². The lowest BCUT2D eigenvalue weighted by atomic mass is 10.1. The largest absolute Gasteiger partial charge is 0.460 e. The quantitative estimate of drug-likeness (QED) is 0.231. The molecule has 0 atom stereocenters. The van der Waals surface area contributed by atoms with Crippen LogP contribution < -0.4 is 0 Å². The number of fused-ring (bicyclic) bond motifs is 1. The van der Waals surface area contributed by atoms with E-state index >= 15 is 0 Å². The van der Waals surface area contributed by atoms with Gasteiger partial charge in [-0.2, -0.15) is 0 Å². The molecule has 1 aromatic carbocycles. The number of nitrogens with zero attached hydrogens (tertiary/aromatic N) is 4. The first-order valence-electron chi connectivity index (χ1n) is 9.47. The Labute approximate surface area is 177 Å². The predicted molar refractivity (Wildman–Crippen MR) is 115 cm³/mol. The van der Waals surface area contributed by atoms with E-state index in [0.29, 0.717) is 17.9 Å². The van der Waals surface area contributed by atoms with Crippen LogP contribution in [-0.2, 0) is 17.0 Å². The molecule has 4 rings (SSSR count). The Morgan fingerprint density at radius 3 is 2.80 bits per heavy atom. The Hall–Kier alpha value is -3.39. The minimum absolute atomic E-state index is 0.231. The molecule has 3 heterocycles. The number of para-hydroxylation sites is 1. The van der Waals surface area contributed by atoms with Crippen molar-refractivity contribution in [3.05, 3.63) is 72.8 Å². The molecule has 0 bridgehead atoms. The van der Waals surface area contributed by atoms with Gasteiger partial charge >= 0.3 is 5.97 Å². The highest BCUT2D eigenvalue weighted by atomic mass is 32.2. The van der Waals surface area contributed by atoms with E-state index in [1.807, 2.05) is 41.0 Å². The first-order valence-corrected chi connectivity index (χ1v) is 10.5. The third kappa shape index (κ3) is 3.86. The molecule has 7 nitrogen and oxygen atoms in total. The molecule has 0 fully saturated rings. The summed E-state index contributed by atoms with van der Waals surface area (Å²) in [6.45, 7) is 6.46. The van der Waals surface area contributed by atoms with Crippen molar-refractivity contribution in [2.24, 2.45) is 0 Å². The van der Waals surface area contributed by atoms with Gasteiger partial charge in [-0.25, -0.2) is 4.79 Å². The van der Waals surface area contributed by atoms with E-state index in [9.17, 15) is 4.79 Å². The van der Waals surface area contributed by atoms with Gasteiger partial charge in [0.15, 0.2) is 11.0 Å². The van der Waals surface area contributed by atoms with Gasteiger partial charge in [-0.15, -0.1) is 16.8 Å². The van der Waals surface area contributed by atoms with Gasteiger partial charge in [-0.1, -0.05) is 36.0 Å². The van der Waals surface area contributed by atoms with E-state index in [0.717, 1.165) is 27.5 Å². The van der Waals surface area contributed by atoms with Crippen molar-refractivity contribution in [1.82, 2.24) is 19.7 Å². The minimum atomic E-state index is -0.464. The number of hydrogen-bond donors (Lipinski definition) is 0. The second-order valence-corrected chi connectivity index (χ2v) is 7.30. The highest BCUT2D eigenvalue weighted by Crippen LogP contribution is 2.33. The van der Waals surface area contributed by atoms with Crippen molar-refractivity contribution in [1.29, 1.82) is 0 Å². The second-order valence-electron chi connectivity index (χ2n) is 6.36. The number of allylic oxidation sites excluding steroid dienone is 1. The zero-order valence-corrected chi connectivity index (χ0v) is 17.3. The molecule has 8 heteroatoms. The van der Waals surface area contributed by atoms with Crippen molar-refractivity contribution >= 4 is 28.7 Å². The van der Waals surface area contributed by atoms with E-state index in [4.69, 9.17) is 9.15 Å². The summed E-state index contributed by atoms with van der Waals surface area (Å²) in [5, 5.41) is 10.3. The van der Waals surface area contributed by atoms with Crippen molar-refractivity contribution in [3.8, 4) is 11.4 Å². The number of thioether (sulfide) groups is 1. The number of esters is 1. The summed E-state index contributed by atoms with van der Waals surface area (Å²) in [4.78, 5) is 16.5. The summed E-state index contributed by atoms with van der Waals surface area (Å²) in [5.41, 5.74) is 2.36. The van der Waals surface area contributed by atoms with Gasteiger partial charge in [0.2, 0.25) is 5.76 Å². The van der Waals surface area contributed by atoms with Gasteiger partial charge < -0.3 is 9.15 Å². The maximum absolute atomic E-state index is 12.4. The maximum atomic E-state index is 12.4. The summed E-state index contributed by atoms with van der Waals surface area (Å²) in [5.74, 6) is 0.989. The molecule has 0 N–H and O–H groups in total. The summed E-state index contributed by atoms with van der Waals surface area (Å²) in [7, 11) is 0. The Bertz CT molecular complexity index is 1180. The number of furan rings is 1. The number of carbonyl (C=O) groups excluding carboxylic acids is 1. The van der Waals surface area contributed by atoms with E-state index < -0.39 is 5.97 Å². The Morgan fingerprint density at radius 2 is 2.03 bits per heavy atom. The van der Waals surface area contributed by atoms with Crippen LogP contribution in [0.5, 0.6) is 0 Å². The van der Waals surface area contributed by atoms with Crippen LogP contribution in [0.2, 0.25) is 0 Å². The average molecular weight is 420 g/mol. The van der Waals surface area contributed by atoms with Crippen LogP contribution in [0.3, 0.4) is 0 Å². The van der Waals surface area contributed by atoms with Crippen LogP contribution in [0.4, 0.5) is 0 Å². The van der Waals surface area contributed by atoms with Crippen molar-refractivity contribution in [2.45, 2.75) is 24.4 Å². The minimum Gasteiger partial charge on any atom is -0.460 e. The standard InChI is InChI=1S/C22H20N4O3S/c1-3-13-26-20(15-9-11-23-12-10-15)24-25-22(26)30-14-17-16-7-5-6-8-18(16)29-19(17)21(27)28-4-2/h3,5-12H,1,4,13-14H2,2H3. The number of aromatic nitrogens is 4. The number of ether oxygens (including phenoxy) is 1. The van der Waals surface area contributed by atoms with Crippen molar-refractivity contribution < 1.29 is 13.9 Å². The lowest BCUT2D eigenvalue weighted by Crippen LogP contribution is -2.06. The molecule has 4 aromatic rings. The van der Waals surface area contributed by atoms with E-state index in [1.165, 1.54) is 11.8 Å². The van der Waals surface area contributed by atoms with Crippen LogP contribution in [-0.4, -0.2) is 32.3 Å². The lowest BCUT2D eigenvalue weighted by molar-refractivity contribution is 0.0491. The Balaban J connectivity index is 1.68. The molecule has 30 heavy (non-hydrogen) atoms. The molecule has 0 radical (unpaired) electrons. The molecule has 0 saturated heterocycles. The van der Waals surface area contributed by atoms with Crippen LogP contribution in [0.15, 0.2) is 71.0 Å². The van der Waals surface area contributed by atoms with Gasteiger partial charge in [-0.3, -0.25) is 9.55 Å². The molecule has 0 spiro atoms. The van der Waals surface area contributed by atoms with Gasteiger partial charge in [0, 0.05) is 41.2 Å². The highest BCUT2D eigenvalue weighted by molar-refractivity contribution is 7.98. The maximum Gasteiger partial charge on any atom is 0.374 e. The van der Waals surface area contributed by atoms with Crippen LogP contribution in [0.1, 0.15) is 23.0 Å². The highest BCUT2D eigenvalue weighted by Gasteiger charge is 2.23. The van der Waals surface area contributed by atoms with Gasteiger partial charge in [-0.05, 0) is 25.1 Å². The molecule has 152 valence electrons. The van der Waals surface area contributed by atoms with Crippen molar-refractivity contribution in [3.63, 3.8) is 0 Å². The molecule has 0 saturated carbocycles. The van der Waals surface area contributed by atoms with Gasteiger partial charge in [0.25, 0.3) is 0 Å². The Kier molecular flexibility index (Phi) is 5.94. The molecular weight excluding hydrogens is 400 g/mol.